The van der Waals surface area contributed by atoms with Gasteiger partial charge < -0.3 is 4.57 Å². The van der Waals surface area contributed by atoms with Gasteiger partial charge in [-0.05, 0) is 65.6 Å². The molecular formula is C52H34N4S. The highest BCUT2D eigenvalue weighted by Crippen LogP contribution is 2.43. The highest BCUT2D eigenvalue weighted by atomic mass is 32.1. The fourth-order valence-electron chi connectivity index (χ4n) is 8.14. The van der Waals surface area contributed by atoms with Crippen molar-refractivity contribution >= 4 is 53.3 Å². The lowest BCUT2D eigenvalue weighted by atomic mass is 9.99. The summed E-state index contributed by atoms with van der Waals surface area (Å²) < 4.78 is 4.93. The average Bonchev–Trinajstić information content (AvgIpc) is 3.82. The zero-order valence-corrected chi connectivity index (χ0v) is 31.9. The van der Waals surface area contributed by atoms with Gasteiger partial charge in [-0.1, -0.05) is 157 Å². The number of thiophene rings is 1. The third-order valence-corrected chi connectivity index (χ3v) is 12.2. The molecule has 268 valence electrons. The largest absolute Gasteiger partial charge is 0.309 e. The maximum absolute atomic E-state index is 5.29. The summed E-state index contributed by atoms with van der Waals surface area (Å²) in [5.41, 5.74) is 12.0. The maximum Gasteiger partial charge on any atom is 0.166 e. The standard InChI is InChI=1S/C52H34N4S/c1-33-23-25-34(26-24-33)37-27-29-46-43(31-37)40-17-8-10-21-45(40)56(46)47-30-28-38(39-19-12-20-42-41-18-9-11-22-48(41)57-49(39)42)32-44(47)52-54-50(35-13-4-2-5-14-35)53-51(55-52)36-15-6-3-7-16-36/h2-32H,1H3. The molecule has 0 atom stereocenters. The van der Waals surface area contributed by atoms with E-state index in [0.29, 0.717) is 17.5 Å². The first-order valence-electron chi connectivity index (χ1n) is 19.2. The van der Waals surface area contributed by atoms with Crippen LogP contribution < -0.4 is 0 Å². The molecule has 0 radical (unpaired) electrons. The summed E-state index contributed by atoms with van der Waals surface area (Å²) in [5.74, 6) is 1.88. The van der Waals surface area contributed by atoms with Crippen LogP contribution in [0.1, 0.15) is 5.56 Å². The van der Waals surface area contributed by atoms with E-state index in [1.54, 1.807) is 0 Å². The molecule has 0 unspecified atom stereocenters. The lowest BCUT2D eigenvalue weighted by Crippen LogP contribution is -2.04. The van der Waals surface area contributed by atoms with Crippen molar-refractivity contribution in [3.63, 3.8) is 0 Å². The van der Waals surface area contributed by atoms with E-state index < -0.39 is 0 Å². The molecule has 5 heteroatoms. The number of fused-ring (bicyclic) bond motifs is 6. The molecule has 0 saturated heterocycles. The minimum Gasteiger partial charge on any atom is -0.309 e. The smallest absolute Gasteiger partial charge is 0.166 e. The van der Waals surface area contributed by atoms with Crippen molar-refractivity contribution in [2.75, 3.05) is 0 Å². The fraction of sp³-hybridized carbons (Fsp3) is 0.0192. The molecule has 0 N–H and O–H groups in total. The van der Waals surface area contributed by atoms with Crippen LogP contribution in [0.4, 0.5) is 0 Å². The van der Waals surface area contributed by atoms with Gasteiger partial charge in [0.15, 0.2) is 17.5 Å². The van der Waals surface area contributed by atoms with Crippen LogP contribution in [0.25, 0.3) is 104 Å². The van der Waals surface area contributed by atoms with Gasteiger partial charge in [-0.25, -0.2) is 15.0 Å². The molecule has 3 heterocycles. The lowest BCUT2D eigenvalue weighted by molar-refractivity contribution is 1.06. The Balaban J connectivity index is 1.20. The Labute approximate surface area is 334 Å². The average molecular weight is 747 g/mol. The van der Waals surface area contributed by atoms with Crippen molar-refractivity contribution in [3.8, 4) is 62.1 Å². The number of hydrogen-bond acceptors (Lipinski definition) is 4. The Morgan fingerprint density at radius 1 is 0.386 bits per heavy atom. The van der Waals surface area contributed by atoms with Crippen LogP contribution in [0.2, 0.25) is 0 Å². The van der Waals surface area contributed by atoms with Crippen LogP contribution in [0.3, 0.4) is 0 Å². The molecular weight excluding hydrogens is 713 g/mol. The predicted molar refractivity (Wildman–Crippen MR) is 239 cm³/mol. The molecule has 11 aromatic rings. The summed E-state index contributed by atoms with van der Waals surface area (Å²) in [5, 5.41) is 4.93. The highest BCUT2D eigenvalue weighted by Gasteiger charge is 2.21. The van der Waals surface area contributed by atoms with E-state index in [1.165, 1.54) is 53.2 Å². The fourth-order valence-corrected chi connectivity index (χ4v) is 9.38. The van der Waals surface area contributed by atoms with Gasteiger partial charge in [0, 0.05) is 47.6 Å². The number of hydrogen-bond donors (Lipinski definition) is 0. The summed E-state index contributed by atoms with van der Waals surface area (Å²) in [7, 11) is 0. The Morgan fingerprint density at radius 2 is 0.982 bits per heavy atom. The van der Waals surface area contributed by atoms with Gasteiger partial charge >= 0.3 is 0 Å². The summed E-state index contributed by atoms with van der Waals surface area (Å²) >= 11 is 1.84. The van der Waals surface area contributed by atoms with Crippen LogP contribution in [-0.4, -0.2) is 19.5 Å². The van der Waals surface area contributed by atoms with Crippen LogP contribution in [0.5, 0.6) is 0 Å². The van der Waals surface area contributed by atoms with Crippen LogP contribution in [-0.2, 0) is 0 Å². The number of nitrogens with zero attached hydrogens (tertiary/aromatic N) is 4. The molecule has 57 heavy (non-hydrogen) atoms. The van der Waals surface area contributed by atoms with Crippen molar-refractivity contribution in [2.45, 2.75) is 6.92 Å². The molecule has 0 saturated carbocycles. The number of benzene rings is 8. The minimum absolute atomic E-state index is 0.616. The minimum atomic E-state index is 0.616. The van der Waals surface area contributed by atoms with Gasteiger partial charge in [0.1, 0.15) is 0 Å². The van der Waals surface area contributed by atoms with Crippen LogP contribution >= 0.6 is 11.3 Å². The molecule has 0 aliphatic carbocycles. The summed E-state index contributed by atoms with van der Waals surface area (Å²) in [6.07, 6.45) is 0. The molecule has 8 aromatic carbocycles. The van der Waals surface area contributed by atoms with Gasteiger partial charge in [0.25, 0.3) is 0 Å². The van der Waals surface area contributed by atoms with Crippen LogP contribution in [0.15, 0.2) is 188 Å². The van der Waals surface area contributed by atoms with E-state index >= 15 is 0 Å². The molecule has 0 aliphatic heterocycles. The summed E-state index contributed by atoms with van der Waals surface area (Å²) in [6.45, 7) is 2.13. The van der Waals surface area contributed by atoms with E-state index in [4.69, 9.17) is 15.0 Å². The van der Waals surface area contributed by atoms with Crippen LogP contribution in [0, 0.1) is 6.92 Å². The van der Waals surface area contributed by atoms with E-state index in [-0.39, 0.29) is 0 Å². The first kappa shape index (κ1) is 33.2. The van der Waals surface area contributed by atoms with Crippen molar-refractivity contribution < 1.29 is 0 Å². The van der Waals surface area contributed by atoms with E-state index in [1.807, 2.05) is 47.7 Å². The molecule has 0 amide bonds. The Bertz CT molecular complexity index is 3230. The summed E-state index contributed by atoms with van der Waals surface area (Å²) in [6, 6.07) is 66.8. The lowest BCUT2D eigenvalue weighted by Gasteiger charge is -2.16. The van der Waals surface area contributed by atoms with Gasteiger partial charge in [0.2, 0.25) is 0 Å². The van der Waals surface area contributed by atoms with Gasteiger partial charge in [-0.3, -0.25) is 0 Å². The third-order valence-electron chi connectivity index (χ3n) is 11.0. The molecule has 0 bridgehead atoms. The first-order valence-corrected chi connectivity index (χ1v) is 20.0. The van der Waals surface area contributed by atoms with Crippen molar-refractivity contribution in [3.05, 3.63) is 194 Å². The monoisotopic (exact) mass is 746 g/mol. The van der Waals surface area contributed by atoms with Gasteiger partial charge in [0.05, 0.1) is 16.7 Å². The maximum atomic E-state index is 5.29. The molecule has 0 aliphatic rings. The second kappa shape index (κ2) is 13.5. The van der Waals surface area contributed by atoms with E-state index in [9.17, 15) is 0 Å². The third kappa shape index (κ3) is 5.71. The topological polar surface area (TPSA) is 43.6 Å². The Kier molecular flexibility index (Phi) is 7.86. The second-order valence-electron chi connectivity index (χ2n) is 14.5. The Hall–Kier alpha value is -7.21. The van der Waals surface area contributed by atoms with Crippen molar-refractivity contribution in [1.82, 2.24) is 19.5 Å². The quantitative estimate of drug-likeness (QED) is 0.170. The molecule has 0 spiro atoms. The summed E-state index contributed by atoms with van der Waals surface area (Å²) in [4.78, 5) is 15.6. The van der Waals surface area contributed by atoms with Crippen molar-refractivity contribution in [1.29, 1.82) is 0 Å². The molecule has 11 rings (SSSR count). The highest BCUT2D eigenvalue weighted by molar-refractivity contribution is 7.26. The number of aryl methyl sites for hydroxylation is 1. The van der Waals surface area contributed by atoms with E-state index in [0.717, 1.165) is 39.0 Å². The van der Waals surface area contributed by atoms with Crippen molar-refractivity contribution in [2.24, 2.45) is 0 Å². The zero-order chi connectivity index (χ0) is 37.9. The molecule has 0 fully saturated rings. The Morgan fingerprint density at radius 3 is 1.74 bits per heavy atom. The van der Waals surface area contributed by atoms with E-state index in [2.05, 4.69) is 163 Å². The zero-order valence-electron chi connectivity index (χ0n) is 31.1. The van der Waals surface area contributed by atoms with Gasteiger partial charge in [-0.2, -0.15) is 0 Å². The second-order valence-corrected chi connectivity index (χ2v) is 15.6. The normalized spacial score (nSPS) is 11.6. The number of para-hydroxylation sites is 1. The molecule has 4 nitrogen and oxygen atoms in total. The predicted octanol–water partition coefficient (Wildman–Crippen LogP) is 14.0. The number of rotatable bonds is 6. The SMILES string of the molecule is Cc1ccc(-c2ccc3c(c2)c2ccccc2n3-c2ccc(-c3cccc4c3sc3ccccc34)cc2-c2nc(-c3ccccc3)nc(-c3ccccc3)n2)cc1. The molecule has 3 aromatic heterocycles. The van der Waals surface area contributed by atoms with Gasteiger partial charge in [-0.15, -0.1) is 11.3 Å². The first-order chi connectivity index (χ1) is 28.2. The number of aromatic nitrogens is 4.